The first-order valence-electron chi connectivity index (χ1n) is 10.7. The van der Waals surface area contributed by atoms with Crippen molar-refractivity contribution in [2.45, 2.75) is 56.5 Å². The zero-order valence-corrected chi connectivity index (χ0v) is 17.6. The second-order valence-electron chi connectivity index (χ2n) is 8.33. The summed E-state index contributed by atoms with van der Waals surface area (Å²) in [6.45, 7) is 0. The molecule has 33 heavy (non-hydrogen) atoms. The van der Waals surface area contributed by atoms with Gasteiger partial charge in [-0.15, -0.1) is 0 Å². The highest BCUT2D eigenvalue weighted by atomic mass is 19.4. The van der Waals surface area contributed by atoms with Gasteiger partial charge in [0, 0.05) is 12.5 Å². The van der Waals surface area contributed by atoms with Crippen LogP contribution in [-0.4, -0.2) is 33.3 Å². The van der Waals surface area contributed by atoms with E-state index in [-0.39, 0.29) is 24.1 Å². The van der Waals surface area contributed by atoms with Gasteiger partial charge in [0.15, 0.2) is 0 Å². The Morgan fingerprint density at radius 3 is 2.55 bits per heavy atom. The number of imidazole rings is 1. The van der Waals surface area contributed by atoms with E-state index < -0.39 is 29.6 Å². The number of aliphatic hydroxyl groups excluding tert-OH is 1. The topological polar surface area (TPSA) is 90.0 Å². The number of para-hydroxylation sites is 2. The number of alkyl halides is 3. The van der Waals surface area contributed by atoms with Crippen molar-refractivity contribution in [3.8, 4) is 0 Å². The Hall–Kier alpha value is -3.14. The zero-order valence-electron chi connectivity index (χ0n) is 17.6. The monoisotopic (exact) mass is 464 g/mol. The third-order valence-electron chi connectivity index (χ3n) is 5.85. The number of benzene rings is 2. The number of amides is 2. The molecule has 3 aromatic rings. The number of halogens is 4. The van der Waals surface area contributed by atoms with E-state index in [9.17, 15) is 27.5 Å². The van der Waals surface area contributed by atoms with Crippen molar-refractivity contribution in [2.24, 2.45) is 0 Å². The van der Waals surface area contributed by atoms with Crippen LogP contribution in [0.1, 0.15) is 48.7 Å². The Kier molecular flexibility index (Phi) is 6.55. The second kappa shape index (κ2) is 9.38. The van der Waals surface area contributed by atoms with Crippen molar-refractivity contribution in [3.63, 3.8) is 0 Å². The standard InChI is InChI=1S/C23H24F4N4O2/c24-17-11-13(5-10-16(17)23(25,26)27)12-20(21-29-18-3-1-2-4-19(18)30-21)31-22(33)28-14-6-8-15(32)9-7-14/h1-5,10-11,14-15,20,32H,6-9,12H2,(H,29,30)(H2,28,31,33)/t14?,15?,20-/m1/s1. The molecule has 0 radical (unpaired) electrons. The van der Waals surface area contributed by atoms with Gasteiger partial charge in [-0.1, -0.05) is 18.2 Å². The van der Waals surface area contributed by atoms with Gasteiger partial charge in [-0.05, 0) is 55.5 Å². The summed E-state index contributed by atoms with van der Waals surface area (Å²) in [7, 11) is 0. The molecule has 1 fully saturated rings. The third kappa shape index (κ3) is 5.62. The maximum absolute atomic E-state index is 14.1. The lowest BCUT2D eigenvalue weighted by atomic mass is 9.93. The molecule has 1 aliphatic carbocycles. The molecule has 4 N–H and O–H groups in total. The SMILES string of the molecule is O=C(NC1CCC(O)CC1)N[C@H](Cc1ccc(C(F)(F)F)c(F)c1)c1nc2ccccc2[nH]1. The second-order valence-corrected chi connectivity index (χ2v) is 8.33. The molecule has 2 aromatic carbocycles. The number of urea groups is 1. The molecule has 1 saturated carbocycles. The minimum absolute atomic E-state index is 0.0334. The molecule has 0 bridgehead atoms. The smallest absolute Gasteiger partial charge is 0.393 e. The molecule has 1 aliphatic rings. The highest BCUT2D eigenvalue weighted by molar-refractivity contribution is 5.76. The highest BCUT2D eigenvalue weighted by Crippen LogP contribution is 2.32. The normalized spacial score (nSPS) is 19.9. The van der Waals surface area contributed by atoms with Crippen molar-refractivity contribution < 1.29 is 27.5 Å². The summed E-state index contributed by atoms with van der Waals surface area (Å²) in [6.07, 6.45) is -2.62. The fourth-order valence-corrected chi connectivity index (χ4v) is 4.11. The number of carbonyl (C=O) groups excluding carboxylic acids is 1. The summed E-state index contributed by atoms with van der Waals surface area (Å²) >= 11 is 0. The molecule has 0 spiro atoms. The van der Waals surface area contributed by atoms with Gasteiger partial charge in [-0.25, -0.2) is 14.2 Å². The summed E-state index contributed by atoms with van der Waals surface area (Å²) in [6, 6.07) is 8.68. The van der Waals surface area contributed by atoms with Gasteiger partial charge in [0.05, 0.1) is 28.7 Å². The van der Waals surface area contributed by atoms with E-state index >= 15 is 0 Å². The number of hydrogen-bond donors (Lipinski definition) is 4. The van der Waals surface area contributed by atoms with Crippen molar-refractivity contribution in [2.75, 3.05) is 0 Å². The number of fused-ring (bicyclic) bond motifs is 1. The van der Waals surface area contributed by atoms with E-state index in [1.807, 2.05) is 18.2 Å². The Morgan fingerprint density at radius 2 is 1.88 bits per heavy atom. The molecular formula is C23H24F4N4O2. The van der Waals surface area contributed by atoms with E-state index in [2.05, 4.69) is 20.6 Å². The van der Waals surface area contributed by atoms with E-state index in [1.165, 1.54) is 6.07 Å². The van der Waals surface area contributed by atoms with Gasteiger partial charge in [0.1, 0.15) is 11.6 Å². The summed E-state index contributed by atoms with van der Waals surface area (Å²) < 4.78 is 52.8. The van der Waals surface area contributed by atoms with Crippen molar-refractivity contribution in [3.05, 3.63) is 65.2 Å². The predicted octanol–water partition coefficient (Wildman–Crippen LogP) is 4.61. The predicted molar refractivity (Wildman–Crippen MR) is 114 cm³/mol. The van der Waals surface area contributed by atoms with E-state index in [1.54, 1.807) is 6.07 Å². The lowest BCUT2D eigenvalue weighted by Crippen LogP contribution is -2.45. The Labute approximate surface area is 187 Å². The number of H-pyrrole nitrogens is 1. The molecule has 0 saturated heterocycles. The molecular weight excluding hydrogens is 440 g/mol. The number of nitrogens with one attached hydrogen (secondary N) is 3. The highest BCUT2D eigenvalue weighted by Gasteiger charge is 2.34. The van der Waals surface area contributed by atoms with Gasteiger partial charge in [-0.3, -0.25) is 0 Å². The molecule has 1 atom stereocenters. The number of carbonyl (C=O) groups is 1. The first-order chi connectivity index (χ1) is 15.7. The van der Waals surface area contributed by atoms with Gasteiger partial charge in [0.2, 0.25) is 0 Å². The first-order valence-corrected chi connectivity index (χ1v) is 10.7. The molecule has 10 heteroatoms. The average molecular weight is 464 g/mol. The Bertz CT molecular complexity index is 1090. The summed E-state index contributed by atoms with van der Waals surface area (Å²) in [4.78, 5) is 20.3. The van der Waals surface area contributed by atoms with Gasteiger partial charge >= 0.3 is 12.2 Å². The first kappa shape index (κ1) is 23.0. The molecule has 0 aliphatic heterocycles. The lowest BCUT2D eigenvalue weighted by molar-refractivity contribution is -0.140. The summed E-state index contributed by atoms with van der Waals surface area (Å²) in [5.74, 6) is -0.959. The van der Waals surface area contributed by atoms with Crippen LogP contribution in [0.3, 0.4) is 0 Å². The van der Waals surface area contributed by atoms with Crippen molar-refractivity contribution >= 4 is 17.1 Å². The zero-order chi connectivity index (χ0) is 23.6. The number of aromatic amines is 1. The third-order valence-corrected chi connectivity index (χ3v) is 5.85. The molecule has 1 aromatic heterocycles. The lowest BCUT2D eigenvalue weighted by Gasteiger charge is -2.27. The van der Waals surface area contributed by atoms with E-state index in [0.717, 1.165) is 11.6 Å². The fourth-order valence-electron chi connectivity index (χ4n) is 4.11. The maximum atomic E-state index is 14.1. The average Bonchev–Trinajstić information content (AvgIpc) is 3.18. The molecule has 1 heterocycles. The van der Waals surface area contributed by atoms with Crippen LogP contribution in [0.25, 0.3) is 11.0 Å². The van der Waals surface area contributed by atoms with Crippen LogP contribution in [0.2, 0.25) is 0 Å². The van der Waals surface area contributed by atoms with Crippen molar-refractivity contribution in [1.29, 1.82) is 0 Å². The van der Waals surface area contributed by atoms with Crippen LogP contribution in [0.5, 0.6) is 0 Å². The van der Waals surface area contributed by atoms with E-state index in [4.69, 9.17) is 0 Å². The molecule has 2 amide bonds. The van der Waals surface area contributed by atoms with Crippen molar-refractivity contribution in [1.82, 2.24) is 20.6 Å². The minimum atomic E-state index is -4.79. The van der Waals surface area contributed by atoms with Crippen LogP contribution >= 0.6 is 0 Å². The van der Waals surface area contributed by atoms with Crippen LogP contribution in [-0.2, 0) is 12.6 Å². The molecule has 176 valence electrons. The maximum Gasteiger partial charge on any atom is 0.419 e. The number of aromatic nitrogens is 2. The van der Waals surface area contributed by atoms with Crippen LogP contribution in [0.4, 0.5) is 22.4 Å². The number of rotatable bonds is 5. The van der Waals surface area contributed by atoms with Gasteiger partial charge in [-0.2, -0.15) is 13.2 Å². The number of nitrogens with zero attached hydrogens (tertiary/aromatic N) is 1. The molecule has 6 nitrogen and oxygen atoms in total. The quantitative estimate of drug-likeness (QED) is 0.416. The van der Waals surface area contributed by atoms with Crippen LogP contribution in [0, 0.1) is 5.82 Å². The summed E-state index contributed by atoms with van der Waals surface area (Å²) in [5, 5.41) is 15.3. The Morgan fingerprint density at radius 1 is 1.15 bits per heavy atom. The largest absolute Gasteiger partial charge is 0.419 e. The van der Waals surface area contributed by atoms with Crippen LogP contribution in [0.15, 0.2) is 42.5 Å². The number of aliphatic hydroxyl groups is 1. The van der Waals surface area contributed by atoms with Gasteiger partial charge in [0.25, 0.3) is 0 Å². The van der Waals surface area contributed by atoms with Gasteiger partial charge < -0.3 is 20.7 Å². The fraction of sp³-hybridized carbons (Fsp3) is 0.391. The number of hydrogen-bond acceptors (Lipinski definition) is 3. The summed E-state index contributed by atoms with van der Waals surface area (Å²) in [5.41, 5.74) is 0.350. The minimum Gasteiger partial charge on any atom is -0.393 e. The van der Waals surface area contributed by atoms with Crippen LogP contribution < -0.4 is 10.6 Å². The Balaban J connectivity index is 1.55. The molecule has 4 rings (SSSR count). The molecule has 0 unspecified atom stereocenters. The van der Waals surface area contributed by atoms with E-state index in [0.29, 0.717) is 43.1 Å².